The molecular formula is C12H14ClNO2S. The quantitative estimate of drug-likeness (QED) is 0.917. The van der Waals surface area contributed by atoms with Crippen LogP contribution in [0, 0.1) is 0 Å². The van der Waals surface area contributed by atoms with Gasteiger partial charge in [-0.15, -0.1) is 11.8 Å². The number of amides is 1. The van der Waals surface area contributed by atoms with E-state index in [1.165, 1.54) is 0 Å². The maximum atomic E-state index is 11.8. The summed E-state index contributed by atoms with van der Waals surface area (Å²) in [6.07, 6.45) is -0.525. The Hall–Kier alpha value is -0.710. The third kappa shape index (κ3) is 2.76. The third-order valence-electron chi connectivity index (χ3n) is 2.60. The molecule has 0 bridgehead atoms. The van der Waals surface area contributed by atoms with Gasteiger partial charge >= 0.3 is 0 Å². The predicted octanol–water partition coefficient (Wildman–Crippen LogP) is 2.29. The molecule has 3 nitrogen and oxygen atoms in total. The van der Waals surface area contributed by atoms with E-state index in [0.717, 1.165) is 5.56 Å². The maximum absolute atomic E-state index is 11.8. The summed E-state index contributed by atoms with van der Waals surface area (Å²) in [4.78, 5) is 13.4. The summed E-state index contributed by atoms with van der Waals surface area (Å²) >= 11 is 7.69. The summed E-state index contributed by atoms with van der Waals surface area (Å²) in [6.45, 7) is 2.03. The minimum Gasteiger partial charge on any atom is -0.392 e. The first-order valence-corrected chi connectivity index (χ1v) is 6.86. The van der Waals surface area contributed by atoms with Crippen LogP contribution in [0.15, 0.2) is 24.3 Å². The topological polar surface area (TPSA) is 40.5 Å². The van der Waals surface area contributed by atoms with Gasteiger partial charge in [0, 0.05) is 17.1 Å². The average molecular weight is 272 g/mol. The molecule has 92 valence electrons. The number of thioether (sulfide) groups is 1. The number of nitrogens with zero attached hydrogens (tertiary/aromatic N) is 1. The van der Waals surface area contributed by atoms with E-state index < -0.39 is 6.10 Å². The van der Waals surface area contributed by atoms with Gasteiger partial charge in [0.2, 0.25) is 5.91 Å². The van der Waals surface area contributed by atoms with Crippen LogP contribution in [-0.2, 0) is 4.79 Å². The van der Waals surface area contributed by atoms with Gasteiger partial charge < -0.3 is 10.0 Å². The molecule has 1 aromatic carbocycles. The fourth-order valence-electron chi connectivity index (χ4n) is 1.87. The molecule has 0 aromatic heterocycles. The smallest absolute Gasteiger partial charge is 0.233 e. The van der Waals surface area contributed by atoms with Gasteiger partial charge in [0.05, 0.1) is 11.9 Å². The minimum absolute atomic E-state index is 0.0563. The van der Waals surface area contributed by atoms with Crippen LogP contribution in [0.3, 0.4) is 0 Å². The van der Waals surface area contributed by atoms with Crippen LogP contribution >= 0.6 is 23.4 Å². The van der Waals surface area contributed by atoms with Crippen molar-refractivity contribution in [3.63, 3.8) is 0 Å². The number of rotatable bonds is 3. The van der Waals surface area contributed by atoms with Gasteiger partial charge in [-0.2, -0.15) is 0 Å². The summed E-state index contributed by atoms with van der Waals surface area (Å²) in [5.41, 5.74) is 0.936. The normalized spacial score (nSPS) is 21.9. The zero-order valence-corrected chi connectivity index (χ0v) is 11.0. The van der Waals surface area contributed by atoms with Crippen molar-refractivity contribution in [2.75, 3.05) is 12.3 Å². The highest BCUT2D eigenvalue weighted by Gasteiger charge is 2.34. The molecule has 1 aliphatic rings. The largest absolute Gasteiger partial charge is 0.392 e. The summed E-state index contributed by atoms with van der Waals surface area (Å²) in [7, 11) is 0. The van der Waals surface area contributed by atoms with Crippen LogP contribution in [0.25, 0.3) is 0 Å². The van der Waals surface area contributed by atoms with Crippen LogP contribution in [0.2, 0.25) is 5.02 Å². The van der Waals surface area contributed by atoms with Gasteiger partial charge in [0.15, 0.2) is 0 Å². The van der Waals surface area contributed by atoms with Gasteiger partial charge in [-0.1, -0.05) is 29.8 Å². The second kappa shape index (κ2) is 5.29. The first-order valence-electron chi connectivity index (χ1n) is 5.43. The SMILES string of the molecule is C[C@H](O)CN1C(=O)CS[C@H]1c1ccccc1Cl. The highest BCUT2D eigenvalue weighted by molar-refractivity contribution is 8.00. The molecule has 0 spiro atoms. The highest BCUT2D eigenvalue weighted by atomic mass is 35.5. The van der Waals surface area contributed by atoms with E-state index in [1.807, 2.05) is 24.3 Å². The molecule has 5 heteroatoms. The molecule has 0 radical (unpaired) electrons. The molecular weight excluding hydrogens is 258 g/mol. The molecule has 1 saturated heterocycles. The molecule has 1 fully saturated rings. The number of halogens is 1. The summed E-state index contributed by atoms with van der Waals surface area (Å²) in [5, 5.41) is 10.0. The van der Waals surface area contributed by atoms with Crippen molar-refractivity contribution in [1.29, 1.82) is 0 Å². The zero-order valence-electron chi connectivity index (χ0n) is 9.47. The Morgan fingerprint density at radius 1 is 1.59 bits per heavy atom. The van der Waals surface area contributed by atoms with E-state index >= 15 is 0 Å². The number of aliphatic hydroxyl groups excluding tert-OH is 1. The molecule has 2 rings (SSSR count). The summed E-state index contributed by atoms with van der Waals surface area (Å²) < 4.78 is 0. The Morgan fingerprint density at radius 2 is 2.29 bits per heavy atom. The standard InChI is InChI=1S/C12H14ClNO2S/c1-8(15)6-14-11(16)7-17-12(14)9-4-2-3-5-10(9)13/h2-5,8,12,15H,6-7H2,1H3/t8-,12-/m0/s1. The van der Waals surface area contributed by atoms with Gasteiger partial charge in [0.25, 0.3) is 0 Å². The Morgan fingerprint density at radius 3 is 2.94 bits per heavy atom. The van der Waals surface area contributed by atoms with Crippen molar-refractivity contribution in [2.24, 2.45) is 0 Å². The molecule has 0 saturated carbocycles. The minimum atomic E-state index is -0.525. The lowest BCUT2D eigenvalue weighted by molar-refractivity contribution is -0.129. The van der Waals surface area contributed by atoms with E-state index in [9.17, 15) is 9.90 Å². The fourth-order valence-corrected chi connectivity index (χ4v) is 3.41. The van der Waals surface area contributed by atoms with Gasteiger partial charge in [0.1, 0.15) is 5.37 Å². The second-order valence-corrected chi connectivity index (χ2v) is 5.56. The molecule has 1 heterocycles. The van der Waals surface area contributed by atoms with Crippen LogP contribution in [0.5, 0.6) is 0 Å². The van der Waals surface area contributed by atoms with Crippen LogP contribution in [-0.4, -0.2) is 34.3 Å². The van der Waals surface area contributed by atoms with Crippen LogP contribution in [0.4, 0.5) is 0 Å². The number of benzene rings is 1. The lowest BCUT2D eigenvalue weighted by Gasteiger charge is -2.26. The van der Waals surface area contributed by atoms with Crippen molar-refractivity contribution in [1.82, 2.24) is 4.90 Å². The highest BCUT2D eigenvalue weighted by Crippen LogP contribution is 2.41. The number of carbonyl (C=O) groups is 1. The first kappa shape index (κ1) is 12.7. The number of aliphatic hydroxyl groups is 1. The van der Waals surface area contributed by atoms with E-state index in [0.29, 0.717) is 17.3 Å². The fraction of sp³-hybridized carbons (Fsp3) is 0.417. The first-order chi connectivity index (χ1) is 8.09. The van der Waals surface area contributed by atoms with Crippen molar-refractivity contribution in [3.05, 3.63) is 34.9 Å². The van der Waals surface area contributed by atoms with Crippen molar-refractivity contribution in [3.8, 4) is 0 Å². The third-order valence-corrected chi connectivity index (χ3v) is 4.18. The van der Waals surface area contributed by atoms with E-state index in [-0.39, 0.29) is 11.3 Å². The summed E-state index contributed by atoms with van der Waals surface area (Å²) in [6, 6.07) is 7.52. The second-order valence-electron chi connectivity index (χ2n) is 4.08. The maximum Gasteiger partial charge on any atom is 0.233 e. The molecule has 0 unspecified atom stereocenters. The van der Waals surface area contributed by atoms with Crippen molar-refractivity contribution >= 4 is 29.3 Å². The predicted molar refractivity (Wildman–Crippen MR) is 70.0 cm³/mol. The van der Waals surface area contributed by atoms with Crippen LogP contribution < -0.4 is 0 Å². The number of carbonyl (C=O) groups excluding carboxylic acids is 1. The van der Waals surface area contributed by atoms with Crippen LogP contribution in [0.1, 0.15) is 17.9 Å². The average Bonchev–Trinajstić information content (AvgIpc) is 2.61. The number of hydrogen-bond acceptors (Lipinski definition) is 3. The Kier molecular flexibility index (Phi) is 3.97. The van der Waals surface area contributed by atoms with Crippen molar-refractivity contribution in [2.45, 2.75) is 18.4 Å². The molecule has 1 N–H and O–H groups in total. The molecule has 1 aliphatic heterocycles. The van der Waals surface area contributed by atoms with E-state index in [1.54, 1.807) is 23.6 Å². The van der Waals surface area contributed by atoms with E-state index in [2.05, 4.69) is 0 Å². The molecule has 2 atom stereocenters. The molecule has 1 aromatic rings. The van der Waals surface area contributed by atoms with Crippen molar-refractivity contribution < 1.29 is 9.90 Å². The summed E-state index contributed by atoms with van der Waals surface area (Å²) in [5.74, 6) is 0.503. The monoisotopic (exact) mass is 271 g/mol. The Balaban J connectivity index is 2.25. The van der Waals surface area contributed by atoms with Gasteiger partial charge in [-0.3, -0.25) is 4.79 Å². The number of β-amino-alcohol motifs (C(OH)–C–C–N with tert-alkyl or cyclic N) is 1. The molecule has 17 heavy (non-hydrogen) atoms. The number of hydrogen-bond donors (Lipinski definition) is 1. The zero-order chi connectivity index (χ0) is 12.4. The Bertz CT molecular complexity index is 425. The van der Waals surface area contributed by atoms with E-state index in [4.69, 9.17) is 11.6 Å². The molecule has 1 amide bonds. The van der Waals surface area contributed by atoms with Gasteiger partial charge in [-0.25, -0.2) is 0 Å². The Labute approximate surface area is 110 Å². The molecule has 0 aliphatic carbocycles. The van der Waals surface area contributed by atoms with Gasteiger partial charge in [-0.05, 0) is 13.0 Å². The lowest BCUT2D eigenvalue weighted by Crippen LogP contribution is -2.34. The lowest BCUT2D eigenvalue weighted by atomic mass is 10.2.